The van der Waals surface area contributed by atoms with Gasteiger partial charge in [-0.05, 0) is 36.8 Å². The number of aromatic nitrogens is 3. The fourth-order valence-electron chi connectivity index (χ4n) is 3.98. The van der Waals surface area contributed by atoms with Crippen LogP contribution >= 0.6 is 0 Å². The number of amides is 1. The minimum atomic E-state index is -0.308. The third-order valence-corrected chi connectivity index (χ3v) is 5.74. The van der Waals surface area contributed by atoms with Crippen LogP contribution in [0.4, 0.5) is 11.5 Å². The number of pyridine rings is 1. The Labute approximate surface area is 197 Å². The number of ether oxygens (including phenoxy) is 2. The first-order chi connectivity index (χ1) is 16.5. The van der Waals surface area contributed by atoms with E-state index in [0.29, 0.717) is 29.6 Å². The zero-order valence-corrected chi connectivity index (χ0v) is 19.2. The standard InChI is InChI=1S/C26H25N5O3/c1-17-14-31(16-27-17)21-11-9-19(13-22(21)33-3)28-24-12-10-20-25(29-24)34-23(15-30(2)26(20)32)18-7-5-4-6-8-18/h4-14,16,23H,15H2,1-3H3,(H,28,29). The van der Waals surface area contributed by atoms with Gasteiger partial charge in [-0.1, -0.05) is 30.3 Å². The Morgan fingerprint density at radius 2 is 1.94 bits per heavy atom. The maximum Gasteiger partial charge on any atom is 0.259 e. The molecule has 0 spiro atoms. The Morgan fingerprint density at radius 1 is 1.12 bits per heavy atom. The second kappa shape index (κ2) is 8.90. The predicted molar refractivity (Wildman–Crippen MR) is 129 cm³/mol. The fraction of sp³-hybridized carbons (Fsp3) is 0.192. The van der Waals surface area contributed by atoms with Crippen molar-refractivity contribution in [3.63, 3.8) is 0 Å². The lowest BCUT2D eigenvalue weighted by Gasteiger charge is -2.20. The summed E-state index contributed by atoms with van der Waals surface area (Å²) in [7, 11) is 3.41. The van der Waals surface area contributed by atoms with E-state index in [2.05, 4.69) is 15.3 Å². The van der Waals surface area contributed by atoms with Crippen molar-refractivity contribution in [3.8, 4) is 17.3 Å². The first-order valence-corrected chi connectivity index (χ1v) is 11.0. The molecule has 1 aliphatic heterocycles. The average molecular weight is 456 g/mol. The van der Waals surface area contributed by atoms with E-state index in [-0.39, 0.29) is 12.0 Å². The average Bonchev–Trinajstić information content (AvgIpc) is 3.24. The zero-order valence-electron chi connectivity index (χ0n) is 19.2. The molecule has 0 saturated heterocycles. The maximum atomic E-state index is 12.9. The molecule has 0 saturated carbocycles. The van der Waals surface area contributed by atoms with Gasteiger partial charge in [-0.3, -0.25) is 4.79 Å². The minimum Gasteiger partial charge on any atom is -0.494 e. The number of methoxy groups -OCH3 is 1. The molecule has 4 aromatic rings. The quantitative estimate of drug-likeness (QED) is 0.476. The van der Waals surface area contributed by atoms with Crippen LogP contribution in [0.3, 0.4) is 0 Å². The highest BCUT2D eigenvalue weighted by Gasteiger charge is 2.29. The molecule has 172 valence electrons. The summed E-state index contributed by atoms with van der Waals surface area (Å²) in [5.74, 6) is 1.45. The lowest BCUT2D eigenvalue weighted by molar-refractivity contribution is 0.0760. The topological polar surface area (TPSA) is 81.5 Å². The van der Waals surface area contributed by atoms with Crippen LogP contribution in [0.2, 0.25) is 0 Å². The lowest BCUT2D eigenvalue weighted by Crippen LogP contribution is -2.29. The van der Waals surface area contributed by atoms with Crippen molar-refractivity contribution in [3.05, 3.63) is 90.0 Å². The van der Waals surface area contributed by atoms with E-state index < -0.39 is 0 Å². The molecule has 2 aromatic carbocycles. The van der Waals surface area contributed by atoms with Gasteiger partial charge in [-0.2, -0.15) is 4.98 Å². The van der Waals surface area contributed by atoms with Crippen LogP contribution in [0.1, 0.15) is 27.7 Å². The highest BCUT2D eigenvalue weighted by Crippen LogP contribution is 2.32. The molecule has 1 N–H and O–H groups in total. The molecule has 0 radical (unpaired) electrons. The Bertz CT molecular complexity index is 1340. The fourth-order valence-corrected chi connectivity index (χ4v) is 3.98. The highest BCUT2D eigenvalue weighted by molar-refractivity contribution is 5.97. The van der Waals surface area contributed by atoms with Gasteiger partial charge >= 0.3 is 0 Å². The number of likely N-dealkylation sites (N-methyl/N-ethyl adjacent to an activating group) is 1. The van der Waals surface area contributed by atoms with Gasteiger partial charge in [0, 0.05) is 25.0 Å². The second-order valence-electron chi connectivity index (χ2n) is 8.19. The second-order valence-corrected chi connectivity index (χ2v) is 8.19. The third kappa shape index (κ3) is 4.17. The van der Waals surface area contributed by atoms with Crippen molar-refractivity contribution in [1.82, 2.24) is 19.4 Å². The zero-order chi connectivity index (χ0) is 23.7. The molecule has 1 unspecified atom stereocenters. The SMILES string of the molecule is COc1cc(Nc2ccc3c(n2)OC(c2ccccc2)CN(C)C3=O)ccc1-n1cnc(C)c1. The molecule has 1 atom stereocenters. The minimum absolute atomic E-state index is 0.117. The van der Waals surface area contributed by atoms with E-state index in [1.165, 1.54) is 0 Å². The summed E-state index contributed by atoms with van der Waals surface area (Å²) < 4.78 is 13.8. The molecule has 1 aliphatic rings. The predicted octanol–water partition coefficient (Wildman–Crippen LogP) is 4.53. The molecule has 1 amide bonds. The van der Waals surface area contributed by atoms with Gasteiger partial charge in [-0.15, -0.1) is 0 Å². The van der Waals surface area contributed by atoms with Crippen LogP contribution in [0.15, 0.2) is 73.2 Å². The number of hydrogen-bond donors (Lipinski definition) is 1. The summed E-state index contributed by atoms with van der Waals surface area (Å²) in [6.07, 6.45) is 3.38. The van der Waals surface area contributed by atoms with E-state index in [0.717, 1.165) is 22.6 Å². The molecular weight excluding hydrogens is 430 g/mol. The molecule has 2 aromatic heterocycles. The van der Waals surface area contributed by atoms with Crippen molar-refractivity contribution in [2.75, 3.05) is 26.0 Å². The smallest absolute Gasteiger partial charge is 0.259 e. The maximum absolute atomic E-state index is 12.9. The van der Waals surface area contributed by atoms with Crippen molar-refractivity contribution in [2.24, 2.45) is 0 Å². The Kier molecular flexibility index (Phi) is 5.63. The van der Waals surface area contributed by atoms with E-state index >= 15 is 0 Å². The number of imidazole rings is 1. The molecule has 3 heterocycles. The largest absolute Gasteiger partial charge is 0.494 e. The summed E-state index contributed by atoms with van der Waals surface area (Å²) in [4.78, 5) is 23.5. The van der Waals surface area contributed by atoms with Crippen LogP contribution in [0, 0.1) is 6.92 Å². The van der Waals surface area contributed by atoms with Crippen LogP contribution < -0.4 is 14.8 Å². The molecule has 8 heteroatoms. The van der Waals surface area contributed by atoms with Gasteiger partial charge in [0.25, 0.3) is 5.91 Å². The number of fused-ring (bicyclic) bond motifs is 1. The van der Waals surface area contributed by atoms with E-state index in [4.69, 9.17) is 9.47 Å². The number of nitrogens with one attached hydrogen (secondary N) is 1. The van der Waals surface area contributed by atoms with Crippen LogP contribution in [-0.2, 0) is 0 Å². The molecular formula is C26H25N5O3. The molecule has 8 nitrogen and oxygen atoms in total. The Balaban J connectivity index is 1.44. The number of anilines is 2. The van der Waals surface area contributed by atoms with Crippen molar-refractivity contribution in [1.29, 1.82) is 0 Å². The monoisotopic (exact) mass is 455 g/mol. The van der Waals surface area contributed by atoms with Crippen molar-refractivity contribution >= 4 is 17.4 Å². The van der Waals surface area contributed by atoms with Gasteiger partial charge in [0.1, 0.15) is 23.2 Å². The number of hydrogen-bond acceptors (Lipinski definition) is 6. The summed E-state index contributed by atoms with van der Waals surface area (Å²) in [5, 5.41) is 3.29. The number of benzene rings is 2. The summed E-state index contributed by atoms with van der Waals surface area (Å²) in [5.41, 5.74) is 4.03. The third-order valence-electron chi connectivity index (χ3n) is 5.74. The number of nitrogens with zero attached hydrogens (tertiary/aromatic N) is 4. The number of carbonyl (C=O) groups excluding carboxylic acids is 1. The first kappa shape index (κ1) is 21.5. The van der Waals surface area contributed by atoms with Crippen LogP contribution in [0.5, 0.6) is 11.6 Å². The number of rotatable bonds is 5. The Morgan fingerprint density at radius 3 is 2.68 bits per heavy atom. The van der Waals surface area contributed by atoms with Crippen LogP contribution in [0.25, 0.3) is 5.69 Å². The summed E-state index contributed by atoms with van der Waals surface area (Å²) in [6, 6.07) is 19.2. The highest BCUT2D eigenvalue weighted by atomic mass is 16.5. The molecule has 0 bridgehead atoms. The normalized spacial score (nSPS) is 15.3. The van der Waals surface area contributed by atoms with Gasteiger partial charge in [-0.25, -0.2) is 4.98 Å². The van der Waals surface area contributed by atoms with Crippen molar-refractivity contribution < 1.29 is 14.3 Å². The van der Waals surface area contributed by atoms with Gasteiger partial charge < -0.3 is 24.3 Å². The number of aryl methyl sites for hydroxylation is 1. The lowest BCUT2D eigenvalue weighted by atomic mass is 10.1. The summed E-state index contributed by atoms with van der Waals surface area (Å²) in [6.45, 7) is 2.38. The van der Waals surface area contributed by atoms with Crippen molar-refractivity contribution in [2.45, 2.75) is 13.0 Å². The van der Waals surface area contributed by atoms with E-state index in [1.54, 1.807) is 37.5 Å². The van der Waals surface area contributed by atoms with Gasteiger partial charge in [0.2, 0.25) is 5.88 Å². The molecule has 0 fully saturated rings. The molecule has 34 heavy (non-hydrogen) atoms. The van der Waals surface area contributed by atoms with E-state index in [9.17, 15) is 4.79 Å². The van der Waals surface area contributed by atoms with Crippen LogP contribution in [-0.4, -0.2) is 46.0 Å². The van der Waals surface area contributed by atoms with Gasteiger partial charge in [0.05, 0.1) is 31.4 Å². The first-order valence-electron chi connectivity index (χ1n) is 11.0. The van der Waals surface area contributed by atoms with Gasteiger partial charge in [0.15, 0.2) is 0 Å². The van der Waals surface area contributed by atoms with E-state index in [1.807, 2.05) is 66.2 Å². The molecule has 0 aliphatic carbocycles. The Hall–Kier alpha value is -4.33. The summed E-state index contributed by atoms with van der Waals surface area (Å²) >= 11 is 0. The molecule has 5 rings (SSSR count). The number of carbonyl (C=O) groups is 1.